The van der Waals surface area contributed by atoms with Crippen LogP contribution in [0.5, 0.6) is 0 Å². The summed E-state index contributed by atoms with van der Waals surface area (Å²) >= 11 is 5.96. The molecule has 1 aliphatic rings. The first-order valence-electron chi connectivity index (χ1n) is 9.12. The van der Waals surface area contributed by atoms with Crippen molar-refractivity contribution in [2.45, 2.75) is 37.6 Å². The third-order valence-corrected chi connectivity index (χ3v) is 5.58. The summed E-state index contributed by atoms with van der Waals surface area (Å²) in [5.74, 6) is -0.584. The van der Waals surface area contributed by atoms with Gasteiger partial charge in [0.2, 0.25) is 0 Å². The number of aromatic nitrogens is 1. The molecule has 5 nitrogen and oxygen atoms in total. The number of rotatable bonds is 6. The van der Waals surface area contributed by atoms with Crippen LogP contribution in [-0.4, -0.2) is 17.1 Å². The van der Waals surface area contributed by atoms with Crippen molar-refractivity contribution in [3.05, 3.63) is 69.7 Å². The number of halogens is 1. The number of para-hydroxylation sites is 2. The lowest BCUT2D eigenvalue weighted by Crippen LogP contribution is -2.43. The Hall–Kier alpha value is -2.53. The van der Waals surface area contributed by atoms with Gasteiger partial charge in [-0.1, -0.05) is 42.3 Å². The van der Waals surface area contributed by atoms with Gasteiger partial charge < -0.3 is 9.15 Å². The van der Waals surface area contributed by atoms with Gasteiger partial charge in [0.15, 0.2) is 5.58 Å². The van der Waals surface area contributed by atoms with Crippen LogP contribution in [0.15, 0.2) is 57.7 Å². The molecule has 27 heavy (non-hydrogen) atoms. The molecule has 0 N–H and O–H groups in total. The Labute approximate surface area is 161 Å². The van der Waals surface area contributed by atoms with Gasteiger partial charge in [0.1, 0.15) is 0 Å². The minimum absolute atomic E-state index is 0.194. The first-order valence-corrected chi connectivity index (χ1v) is 9.50. The van der Waals surface area contributed by atoms with Crippen molar-refractivity contribution in [3.8, 4) is 0 Å². The fourth-order valence-corrected chi connectivity index (χ4v) is 3.79. The Kier molecular flexibility index (Phi) is 4.79. The summed E-state index contributed by atoms with van der Waals surface area (Å²) in [5.41, 5.74) is 1.73. The van der Waals surface area contributed by atoms with E-state index in [0.29, 0.717) is 23.6 Å². The van der Waals surface area contributed by atoms with E-state index in [-0.39, 0.29) is 18.3 Å². The minimum atomic E-state index is -0.552. The number of carbonyl (C=O) groups excluding carboxylic acids is 1. The number of hydrogen-bond acceptors (Lipinski definition) is 4. The molecular weight excluding hydrogens is 366 g/mol. The van der Waals surface area contributed by atoms with E-state index in [9.17, 15) is 9.59 Å². The van der Waals surface area contributed by atoms with Crippen LogP contribution < -0.4 is 5.76 Å². The van der Waals surface area contributed by atoms with Crippen molar-refractivity contribution in [1.29, 1.82) is 0 Å². The molecule has 1 saturated carbocycles. The number of esters is 1. The predicted octanol–water partition coefficient (Wildman–Crippen LogP) is 4.30. The Morgan fingerprint density at radius 2 is 1.89 bits per heavy atom. The second-order valence-corrected chi connectivity index (χ2v) is 7.36. The number of hydrogen-bond donors (Lipinski definition) is 0. The maximum Gasteiger partial charge on any atom is 0.419 e. The van der Waals surface area contributed by atoms with Crippen molar-refractivity contribution < 1.29 is 13.9 Å². The zero-order valence-electron chi connectivity index (χ0n) is 14.8. The topological polar surface area (TPSA) is 61.4 Å². The number of benzene rings is 2. The molecule has 0 radical (unpaired) electrons. The van der Waals surface area contributed by atoms with E-state index in [0.717, 1.165) is 30.3 Å². The van der Waals surface area contributed by atoms with Gasteiger partial charge in [-0.3, -0.25) is 9.36 Å². The van der Waals surface area contributed by atoms with Gasteiger partial charge in [-0.2, -0.15) is 0 Å². The molecule has 0 atom stereocenters. The van der Waals surface area contributed by atoms with Crippen molar-refractivity contribution in [1.82, 2.24) is 4.57 Å². The number of carbonyl (C=O) groups is 1. The van der Waals surface area contributed by atoms with Crippen LogP contribution in [0.2, 0.25) is 5.02 Å². The van der Waals surface area contributed by atoms with Crippen molar-refractivity contribution in [3.63, 3.8) is 0 Å². The number of fused-ring (bicyclic) bond motifs is 1. The standard InChI is InChI=1S/C21H20ClNO4/c22-16-9-7-15(8-10-16)21(11-3-12-21)19(24)26-14-4-13-23-17-5-1-2-6-18(17)27-20(23)25/h1-2,5-10H,3-4,11-14H2. The van der Waals surface area contributed by atoms with E-state index in [2.05, 4.69) is 0 Å². The molecule has 0 aliphatic heterocycles. The number of ether oxygens (including phenoxy) is 1. The summed E-state index contributed by atoms with van der Waals surface area (Å²) in [4.78, 5) is 24.7. The van der Waals surface area contributed by atoms with E-state index >= 15 is 0 Å². The molecule has 1 aromatic heterocycles. The lowest BCUT2D eigenvalue weighted by Gasteiger charge is -2.39. The molecular formula is C21H20ClNO4. The highest BCUT2D eigenvalue weighted by atomic mass is 35.5. The largest absolute Gasteiger partial charge is 0.465 e. The minimum Gasteiger partial charge on any atom is -0.465 e. The SMILES string of the molecule is O=C(OCCCn1c(=O)oc2ccccc21)C1(c2ccc(Cl)cc2)CCC1. The van der Waals surface area contributed by atoms with Crippen molar-refractivity contribution in [2.24, 2.45) is 0 Å². The van der Waals surface area contributed by atoms with Gasteiger partial charge in [0.05, 0.1) is 17.5 Å². The molecule has 0 spiro atoms. The molecule has 1 fully saturated rings. The van der Waals surface area contributed by atoms with E-state index in [1.807, 2.05) is 30.3 Å². The second-order valence-electron chi connectivity index (χ2n) is 6.92. The van der Waals surface area contributed by atoms with Crippen LogP contribution in [0.1, 0.15) is 31.2 Å². The molecule has 1 aliphatic carbocycles. The number of nitrogens with zero attached hydrogens (tertiary/aromatic N) is 1. The van der Waals surface area contributed by atoms with Crippen LogP contribution in [0, 0.1) is 0 Å². The fourth-order valence-electron chi connectivity index (χ4n) is 3.66. The Morgan fingerprint density at radius 1 is 1.15 bits per heavy atom. The van der Waals surface area contributed by atoms with Crippen LogP contribution >= 0.6 is 11.6 Å². The maximum absolute atomic E-state index is 12.7. The molecule has 1 heterocycles. The van der Waals surface area contributed by atoms with Crippen LogP contribution in [0.4, 0.5) is 0 Å². The predicted molar refractivity (Wildman–Crippen MR) is 103 cm³/mol. The molecule has 0 amide bonds. The molecule has 2 aromatic carbocycles. The third kappa shape index (κ3) is 3.28. The average Bonchev–Trinajstić information content (AvgIpc) is 2.95. The zero-order chi connectivity index (χ0) is 18.9. The second kappa shape index (κ2) is 7.24. The number of aryl methyl sites for hydroxylation is 1. The molecule has 4 rings (SSSR count). The van der Waals surface area contributed by atoms with Crippen LogP contribution in [-0.2, 0) is 21.5 Å². The number of oxazole rings is 1. The lowest BCUT2D eigenvalue weighted by atomic mass is 9.64. The summed E-state index contributed by atoms with van der Waals surface area (Å²) in [5, 5.41) is 0.652. The van der Waals surface area contributed by atoms with E-state index in [1.54, 1.807) is 22.8 Å². The lowest BCUT2D eigenvalue weighted by molar-refractivity contribution is -0.154. The third-order valence-electron chi connectivity index (χ3n) is 5.33. The zero-order valence-corrected chi connectivity index (χ0v) is 15.6. The maximum atomic E-state index is 12.7. The Morgan fingerprint density at radius 3 is 2.59 bits per heavy atom. The average molecular weight is 386 g/mol. The Bertz CT molecular complexity index is 1010. The highest BCUT2D eigenvalue weighted by Crippen LogP contribution is 2.45. The molecule has 3 aromatic rings. The molecule has 140 valence electrons. The summed E-state index contributed by atoms with van der Waals surface area (Å²) in [6.07, 6.45) is 3.14. The molecule has 0 bridgehead atoms. The quantitative estimate of drug-likeness (QED) is 0.468. The molecule has 6 heteroatoms. The smallest absolute Gasteiger partial charge is 0.419 e. The van der Waals surface area contributed by atoms with Crippen LogP contribution in [0.25, 0.3) is 11.1 Å². The van der Waals surface area contributed by atoms with Gasteiger partial charge >= 0.3 is 11.7 Å². The summed E-state index contributed by atoms with van der Waals surface area (Å²) in [6.45, 7) is 0.706. The first-order chi connectivity index (χ1) is 13.1. The van der Waals surface area contributed by atoms with Gasteiger partial charge in [-0.05, 0) is 49.1 Å². The summed E-state index contributed by atoms with van der Waals surface area (Å²) < 4.78 is 12.4. The van der Waals surface area contributed by atoms with Gasteiger partial charge in [0, 0.05) is 11.6 Å². The van der Waals surface area contributed by atoms with E-state index in [4.69, 9.17) is 20.8 Å². The summed E-state index contributed by atoms with van der Waals surface area (Å²) in [7, 11) is 0. The fraction of sp³-hybridized carbons (Fsp3) is 0.333. The molecule has 0 saturated heterocycles. The van der Waals surface area contributed by atoms with Crippen LogP contribution in [0.3, 0.4) is 0 Å². The summed E-state index contributed by atoms with van der Waals surface area (Å²) in [6, 6.07) is 14.7. The van der Waals surface area contributed by atoms with E-state index < -0.39 is 5.41 Å². The van der Waals surface area contributed by atoms with Gasteiger partial charge in [-0.25, -0.2) is 4.79 Å². The highest BCUT2D eigenvalue weighted by Gasteiger charge is 2.47. The van der Waals surface area contributed by atoms with Crippen molar-refractivity contribution >= 4 is 28.7 Å². The molecule has 0 unspecified atom stereocenters. The van der Waals surface area contributed by atoms with Crippen molar-refractivity contribution in [2.75, 3.05) is 6.61 Å². The highest BCUT2D eigenvalue weighted by molar-refractivity contribution is 6.30. The Balaban J connectivity index is 1.38. The van der Waals surface area contributed by atoms with E-state index in [1.165, 1.54) is 0 Å². The monoisotopic (exact) mass is 385 g/mol. The first kappa shape index (κ1) is 17.9. The van der Waals surface area contributed by atoms with Gasteiger partial charge in [-0.15, -0.1) is 0 Å². The van der Waals surface area contributed by atoms with Gasteiger partial charge in [0.25, 0.3) is 0 Å². The normalized spacial score (nSPS) is 15.4.